The van der Waals surface area contributed by atoms with Crippen LogP contribution in [0.15, 0.2) is 24.3 Å². The molecule has 1 aromatic rings. The molecule has 1 atom stereocenters. The van der Waals surface area contributed by atoms with Crippen LogP contribution >= 0.6 is 11.6 Å². The maximum atomic E-state index is 12.7. The number of rotatable bonds is 2. The molecule has 0 radical (unpaired) electrons. The van der Waals surface area contributed by atoms with Gasteiger partial charge in [-0.2, -0.15) is 0 Å². The van der Waals surface area contributed by atoms with E-state index in [9.17, 15) is 9.18 Å². The van der Waals surface area contributed by atoms with Crippen LogP contribution in [-0.4, -0.2) is 13.0 Å². The monoisotopic (exact) mass is 201 g/mol. The number of benzene rings is 1. The lowest BCUT2D eigenvalue weighted by Crippen LogP contribution is -2.22. The molecular formula is C9H9ClFNO. The van der Waals surface area contributed by atoms with Gasteiger partial charge in [0.2, 0.25) is 5.91 Å². The zero-order valence-electron chi connectivity index (χ0n) is 7.05. The van der Waals surface area contributed by atoms with Crippen molar-refractivity contribution in [1.29, 1.82) is 0 Å². The molecule has 0 spiro atoms. The quantitative estimate of drug-likeness (QED) is 0.727. The fourth-order valence-corrected chi connectivity index (χ4v) is 1.19. The number of alkyl halides is 1. The third kappa shape index (κ3) is 2.42. The van der Waals surface area contributed by atoms with Crippen LogP contribution in [0.3, 0.4) is 0 Å². The summed E-state index contributed by atoms with van der Waals surface area (Å²) in [6.45, 7) is 0. The second kappa shape index (κ2) is 4.23. The highest BCUT2D eigenvalue weighted by Crippen LogP contribution is 2.20. The lowest BCUT2D eigenvalue weighted by atomic mass is 10.1. The molecular weight excluding hydrogens is 193 g/mol. The minimum Gasteiger partial charge on any atom is -0.358 e. The summed E-state index contributed by atoms with van der Waals surface area (Å²) in [5, 5.41) is 1.56. The first-order valence-corrected chi connectivity index (χ1v) is 4.20. The van der Waals surface area contributed by atoms with Crippen LogP contribution in [-0.2, 0) is 4.79 Å². The van der Waals surface area contributed by atoms with Crippen molar-refractivity contribution in [2.75, 3.05) is 7.05 Å². The van der Waals surface area contributed by atoms with Gasteiger partial charge >= 0.3 is 0 Å². The summed E-state index contributed by atoms with van der Waals surface area (Å²) in [6.07, 6.45) is 0. The van der Waals surface area contributed by atoms with Gasteiger partial charge < -0.3 is 5.32 Å². The number of nitrogens with one attached hydrogen (secondary N) is 1. The van der Waals surface area contributed by atoms with Crippen molar-refractivity contribution in [2.24, 2.45) is 0 Å². The molecule has 0 aliphatic carbocycles. The molecule has 0 aliphatic heterocycles. The number of likely N-dealkylation sites (N-methyl/N-ethyl adjacent to an activating group) is 1. The fourth-order valence-electron chi connectivity index (χ4n) is 0.942. The van der Waals surface area contributed by atoms with Gasteiger partial charge in [0, 0.05) is 7.05 Å². The smallest absolute Gasteiger partial charge is 0.242 e. The standard InChI is InChI=1S/C9H9ClFNO/c1-12-9(13)8(10)6-3-2-4-7(11)5-6/h2-5,8H,1H3,(H,12,13). The van der Waals surface area contributed by atoms with Crippen molar-refractivity contribution in [3.8, 4) is 0 Å². The molecule has 4 heteroatoms. The number of carbonyl (C=O) groups is 1. The van der Waals surface area contributed by atoms with Crippen LogP contribution < -0.4 is 5.32 Å². The van der Waals surface area contributed by atoms with E-state index in [1.165, 1.54) is 25.2 Å². The summed E-state index contributed by atoms with van der Waals surface area (Å²) in [7, 11) is 1.48. The molecule has 0 aliphatic rings. The summed E-state index contributed by atoms with van der Waals surface area (Å²) < 4.78 is 12.7. The Balaban J connectivity index is 2.88. The van der Waals surface area contributed by atoms with E-state index in [-0.39, 0.29) is 5.91 Å². The summed E-state index contributed by atoms with van der Waals surface area (Å²) >= 11 is 5.75. The second-order valence-electron chi connectivity index (χ2n) is 2.53. The first-order chi connectivity index (χ1) is 6.15. The van der Waals surface area contributed by atoms with E-state index in [0.29, 0.717) is 5.56 Å². The van der Waals surface area contributed by atoms with Crippen LogP contribution in [0.2, 0.25) is 0 Å². The second-order valence-corrected chi connectivity index (χ2v) is 2.97. The lowest BCUT2D eigenvalue weighted by molar-refractivity contribution is -0.120. The average molecular weight is 202 g/mol. The third-order valence-corrected chi connectivity index (χ3v) is 2.07. The van der Waals surface area contributed by atoms with E-state index < -0.39 is 11.2 Å². The Kier molecular flexibility index (Phi) is 3.25. The number of halogens is 2. The summed E-state index contributed by atoms with van der Waals surface area (Å²) in [5.41, 5.74) is 0.459. The molecule has 1 aromatic carbocycles. The van der Waals surface area contributed by atoms with Crippen molar-refractivity contribution in [1.82, 2.24) is 5.32 Å². The Morgan fingerprint density at radius 1 is 1.62 bits per heavy atom. The first-order valence-electron chi connectivity index (χ1n) is 3.76. The topological polar surface area (TPSA) is 29.1 Å². The van der Waals surface area contributed by atoms with Crippen LogP contribution in [0.5, 0.6) is 0 Å². The summed E-state index contributed by atoms with van der Waals surface area (Å²) in [5.74, 6) is -0.737. The van der Waals surface area contributed by atoms with Gasteiger partial charge in [-0.15, -0.1) is 11.6 Å². The minimum absolute atomic E-state index is 0.340. The number of hydrogen-bond donors (Lipinski definition) is 1. The van der Waals surface area contributed by atoms with E-state index in [1.807, 2.05) is 0 Å². The van der Waals surface area contributed by atoms with E-state index >= 15 is 0 Å². The first kappa shape index (κ1) is 9.99. The van der Waals surface area contributed by atoms with E-state index in [0.717, 1.165) is 0 Å². The van der Waals surface area contributed by atoms with Crippen molar-refractivity contribution in [2.45, 2.75) is 5.38 Å². The predicted octanol–water partition coefficient (Wildman–Crippen LogP) is 1.85. The van der Waals surface area contributed by atoms with Gasteiger partial charge in [0.25, 0.3) is 0 Å². The van der Waals surface area contributed by atoms with E-state index in [2.05, 4.69) is 5.32 Å². The summed E-state index contributed by atoms with van der Waals surface area (Å²) in [4.78, 5) is 11.1. The van der Waals surface area contributed by atoms with Crippen LogP contribution in [0.4, 0.5) is 4.39 Å². The van der Waals surface area contributed by atoms with E-state index in [1.54, 1.807) is 6.07 Å². The molecule has 1 amide bonds. The molecule has 0 aromatic heterocycles. The fraction of sp³-hybridized carbons (Fsp3) is 0.222. The molecule has 2 nitrogen and oxygen atoms in total. The zero-order valence-corrected chi connectivity index (χ0v) is 7.81. The van der Waals surface area contributed by atoms with Gasteiger partial charge in [-0.3, -0.25) is 4.79 Å². The molecule has 13 heavy (non-hydrogen) atoms. The molecule has 0 fully saturated rings. The van der Waals surface area contributed by atoms with Gasteiger partial charge in [0.1, 0.15) is 11.2 Å². The Hall–Kier alpha value is -1.09. The van der Waals surface area contributed by atoms with Gasteiger partial charge in [-0.05, 0) is 17.7 Å². The normalized spacial score (nSPS) is 12.2. The largest absolute Gasteiger partial charge is 0.358 e. The van der Waals surface area contributed by atoms with E-state index in [4.69, 9.17) is 11.6 Å². The maximum Gasteiger partial charge on any atom is 0.242 e. The molecule has 70 valence electrons. The molecule has 1 unspecified atom stereocenters. The van der Waals surface area contributed by atoms with Crippen LogP contribution in [0.25, 0.3) is 0 Å². The van der Waals surface area contributed by atoms with Crippen molar-refractivity contribution >= 4 is 17.5 Å². The van der Waals surface area contributed by atoms with Crippen LogP contribution in [0, 0.1) is 5.82 Å². The zero-order chi connectivity index (χ0) is 9.84. The number of amides is 1. The van der Waals surface area contributed by atoms with Crippen molar-refractivity contribution in [3.63, 3.8) is 0 Å². The molecule has 0 saturated heterocycles. The molecule has 1 N–H and O–H groups in total. The van der Waals surface area contributed by atoms with Gasteiger partial charge in [-0.25, -0.2) is 4.39 Å². The highest BCUT2D eigenvalue weighted by Gasteiger charge is 2.15. The third-order valence-electron chi connectivity index (χ3n) is 1.62. The van der Waals surface area contributed by atoms with Crippen molar-refractivity contribution < 1.29 is 9.18 Å². The van der Waals surface area contributed by atoms with Crippen LogP contribution in [0.1, 0.15) is 10.9 Å². The highest BCUT2D eigenvalue weighted by atomic mass is 35.5. The highest BCUT2D eigenvalue weighted by molar-refractivity contribution is 6.30. The lowest BCUT2D eigenvalue weighted by Gasteiger charge is -2.07. The molecule has 0 heterocycles. The minimum atomic E-state index is -0.833. The number of hydrogen-bond acceptors (Lipinski definition) is 1. The Bertz CT molecular complexity index is 316. The average Bonchev–Trinajstić information content (AvgIpc) is 2.15. The number of carbonyl (C=O) groups excluding carboxylic acids is 1. The summed E-state index contributed by atoms with van der Waals surface area (Å²) in [6, 6.07) is 5.67. The van der Waals surface area contributed by atoms with Crippen molar-refractivity contribution in [3.05, 3.63) is 35.6 Å². The molecule has 0 saturated carbocycles. The Morgan fingerprint density at radius 2 is 2.31 bits per heavy atom. The predicted molar refractivity (Wildman–Crippen MR) is 49.1 cm³/mol. The molecule has 1 rings (SSSR count). The van der Waals surface area contributed by atoms with Gasteiger partial charge in [0.15, 0.2) is 0 Å². The SMILES string of the molecule is CNC(=O)C(Cl)c1cccc(F)c1. The van der Waals surface area contributed by atoms with Gasteiger partial charge in [-0.1, -0.05) is 12.1 Å². The van der Waals surface area contributed by atoms with Gasteiger partial charge in [0.05, 0.1) is 0 Å². The molecule has 0 bridgehead atoms. The maximum absolute atomic E-state index is 12.7. The Morgan fingerprint density at radius 3 is 2.85 bits per heavy atom. The Labute approximate surface area is 80.7 Å².